The fourth-order valence-electron chi connectivity index (χ4n) is 3.88. The predicted molar refractivity (Wildman–Crippen MR) is 144 cm³/mol. The molecule has 2 unspecified atom stereocenters. The zero-order valence-electron chi connectivity index (χ0n) is 22.6. The minimum atomic E-state index is -0.943. The number of carbonyl (C=O) groups excluding carboxylic acids is 3. The standard InChI is InChI=1S/C29H41N3O5/c1-6-7-8-12-19-32(27(35)21(2)31-28(36)37-29(3,4)5)25(23-15-17-24(33)18-16-23)26(34)30-20-22-13-10-9-11-14-22/h9-11,13-18,21,25,33H,6-8,12,19-20H2,1-5H3,(H,30,34)(H,31,36). The molecule has 2 rings (SSSR count). The third kappa shape index (κ3) is 10.1. The number of unbranched alkanes of at least 4 members (excludes halogenated alkanes) is 3. The van der Waals surface area contributed by atoms with Gasteiger partial charge >= 0.3 is 6.09 Å². The van der Waals surface area contributed by atoms with Crippen LogP contribution in [0.25, 0.3) is 0 Å². The minimum absolute atomic E-state index is 0.0629. The summed E-state index contributed by atoms with van der Waals surface area (Å²) in [4.78, 5) is 41.2. The maximum Gasteiger partial charge on any atom is 0.408 e. The van der Waals surface area contributed by atoms with Crippen LogP contribution in [0.15, 0.2) is 54.6 Å². The van der Waals surface area contributed by atoms with Gasteiger partial charge in [-0.05, 0) is 57.4 Å². The molecule has 3 N–H and O–H groups in total. The number of carbonyl (C=O) groups is 3. The molecular formula is C29H41N3O5. The Labute approximate surface area is 220 Å². The van der Waals surface area contributed by atoms with E-state index in [1.165, 1.54) is 17.0 Å². The average molecular weight is 512 g/mol. The van der Waals surface area contributed by atoms with Crippen molar-refractivity contribution in [1.82, 2.24) is 15.5 Å². The molecule has 0 fully saturated rings. The van der Waals surface area contributed by atoms with Gasteiger partial charge in [0, 0.05) is 13.1 Å². The first-order chi connectivity index (χ1) is 17.5. The van der Waals surface area contributed by atoms with E-state index in [2.05, 4.69) is 17.6 Å². The molecule has 8 heteroatoms. The first-order valence-corrected chi connectivity index (χ1v) is 12.9. The zero-order chi connectivity index (χ0) is 27.4. The highest BCUT2D eigenvalue weighted by Crippen LogP contribution is 2.25. The number of rotatable bonds is 12. The molecule has 0 heterocycles. The third-order valence-corrected chi connectivity index (χ3v) is 5.72. The summed E-state index contributed by atoms with van der Waals surface area (Å²) in [5.74, 6) is -0.675. The van der Waals surface area contributed by atoms with Crippen LogP contribution in [0.3, 0.4) is 0 Å². The van der Waals surface area contributed by atoms with E-state index in [-0.39, 0.29) is 11.7 Å². The Morgan fingerprint density at radius 1 is 0.973 bits per heavy atom. The van der Waals surface area contributed by atoms with Crippen LogP contribution in [-0.4, -0.2) is 46.1 Å². The first kappa shape index (κ1) is 29.7. The first-order valence-electron chi connectivity index (χ1n) is 12.9. The lowest BCUT2D eigenvalue weighted by Gasteiger charge is -2.34. The smallest absolute Gasteiger partial charge is 0.408 e. The van der Waals surface area contributed by atoms with Gasteiger partial charge in [0.15, 0.2) is 0 Å². The van der Waals surface area contributed by atoms with Crippen LogP contribution in [0.1, 0.15) is 77.5 Å². The molecule has 3 amide bonds. The summed E-state index contributed by atoms with van der Waals surface area (Å²) in [7, 11) is 0. The van der Waals surface area contributed by atoms with Gasteiger partial charge < -0.3 is 25.4 Å². The van der Waals surface area contributed by atoms with E-state index in [1.807, 2.05) is 30.3 Å². The minimum Gasteiger partial charge on any atom is -0.508 e. The number of alkyl carbamates (subject to hydrolysis) is 1. The highest BCUT2D eigenvalue weighted by Gasteiger charge is 2.34. The lowest BCUT2D eigenvalue weighted by molar-refractivity contribution is -0.142. The molecule has 0 aliphatic carbocycles. The predicted octanol–water partition coefficient (Wildman–Crippen LogP) is 5.07. The van der Waals surface area contributed by atoms with Gasteiger partial charge in [-0.15, -0.1) is 0 Å². The molecular weight excluding hydrogens is 470 g/mol. The van der Waals surface area contributed by atoms with Gasteiger partial charge in [-0.25, -0.2) is 4.79 Å². The third-order valence-electron chi connectivity index (χ3n) is 5.72. The Hall–Kier alpha value is -3.55. The van der Waals surface area contributed by atoms with Gasteiger partial charge in [0.1, 0.15) is 23.4 Å². The second-order valence-electron chi connectivity index (χ2n) is 10.2. The molecule has 0 radical (unpaired) electrons. The Kier molecular flexibility index (Phi) is 11.4. The number of phenols is 1. The summed E-state index contributed by atoms with van der Waals surface area (Å²) in [6, 6.07) is 13.9. The zero-order valence-corrected chi connectivity index (χ0v) is 22.6. The van der Waals surface area contributed by atoms with Crippen molar-refractivity contribution >= 4 is 17.9 Å². The molecule has 0 spiro atoms. The molecule has 2 aromatic carbocycles. The largest absolute Gasteiger partial charge is 0.508 e. The Morgan fingerprint density at radius 3 is 2.22 bits per heavy atom. The summed E-state index contributed by atoms with van der Waals surface area (Å²) in [6.45, 7) is 9.57. The van der Waals surface area contributed by atoms with Crippen molar-refractivity contribution in [2.24, 2.45) is 0 Å². The molecule has 0 aromatic heterocycles. The number of hydrogen-bond donors (Lipinski definition) is 3. The fourth-order valence-corrected chi connectivity index (χ4v) is 3.88. The van der Waals surface area contributed by atoms with Crippen molar-refractivity contribution in [1.29, 1.82) is 0 Å². The van der Waals surface area contributed by atoms with Crippen LogP contribution in [0.5, 0.6) is 5.75 Å². The Balaban J connectivity index is 2.34. The highest BCUT2D eigenvalue weighted by atomic mass is 16.6. The molecule has 202 valence electrons. The van der Waals surface area contributed by atoms with E-state index >= 15 is 0 Å². The van der Waals surface area contributed by atoms with Gasteiger partial charge in [0.25, 0.3) is 0 Å². The van der Waals surface area contributed by atoms with E-state index < -0.39 is 29.7 Å². The summed E-state index contributed by atoms with van der Waals surface area (Å²) in [6.07, 6.45) is 2.96. The molecule has 0 aliphatic heterocycles. The van der Waals surface area contributed by atoms with E-state index in [9.17, 15) is 19.5 Å². The maximum atomic E-state index is 13.7. The number of amides is 3. The molecule has 0 saturated heterocycles. The fraction of sp³-hybridized carbons (Fsp3) is 0.483. The molecule has 0 aliphatic rings. The molecule has 2 atom stereocenters. The van der Waals surface area contributed by atoms with Crippen molar-refractivity contribution in [3.63, 3.8) is 0 Å². The molecule has 0 bridgehead atoms. The number of nitrogens with one attached hydrogen (secondary N) is 2. The average Bonchev–Trinajstić information content (AvgIpc) is 2.84. The second-order valence-corrected chi connectivity index (χ2v) is 10.2. The number of phenolic OH excluding ortho intramolecular Hbond substituents is 1. The van der Waals surface area contributed by atoms with Crippen LogP contribution in [0.2, 0.25) is 0 Å². The number of benzene rings is 2. The van der Waals surface area contributed by atoms with Crippen molar-refractivity contribution in [3.05, 3.63) is 65.7 Å². The lowest BCUT2D eigenvalue weighted by Crippen LogP contribution is -2.52. The second kappa shape index (κ2) is 14.3. The van der Waals surface area contributed by atoms with Crippen molar-refractivity contribution in [2.75, 3.05) is 6.54 Å². The SMILES string of the molecule is CCCCCCN(C(=O)C(C)NC(=O)OC(C)(C)C)C(C(=O)NCc1ccccc1)c1ccc(O)cc1. The van der Waals surface area contributed by atoms with Crippen molar-refractivity contribution in [3.8, 4) is 5.75 Å². The van der Waals surface area contributed by atoms with Crippen LogP contribution in [0.4, 0.5) is 4.79 Å². The highest BCUT2D eigenvalue weighted by molar-refractivity contribution is 5.92. The van der Waals surface area contributed by atoms with Gasteiger partial charge in [0.2, 0.25) is 11.8 Å². The summed E-state index contributed by atoms with van der Waals surface area (Å²) < 4.78 is 5.32. The van der Waals surface area contributed by atoms with Crippen LogP contribution >= 0.6 is 0 Å². The molecule has 0 saturated carbocycles. The normalized spacial score (nSPS) is 12.8. The maximum absolute atomic E-state index is 13.7. The molecule has 2 aromatic rings. The number of aromatic hydroxyl groups is 1. The Morgan fingerprint density at radius 2 is 1.62 bits per heavy atom. The lowest BCUT2D eigenvalue weighted by atomic mass is 10.0. The number of ether oxygens (including phenoxy) is 1. The van der Waals surface area contributed by atoms with E-state index in [1.54, 1.807) is 39.8 Å². The van der Waals surface area contributed by atoms with Crippen LogP contribution < -0.4 is 10.6 Å². The van der Waals surface area contributed by atoms with E-state index in [0.717, 1.165) is 24.8 Å². The summed E-state index contributed by atoms with van der Waals surface area (Å²) >= 11 is 0. The van der Waals surface area contributed by atoms with E-state index in [0.29, 0.717) is 25.1 Å². The molecule has 37 heavy (non-hydrogen) atoms. The van der Waals surface area contributed by atoms with Crippen LogP contribution in [-0.2, 0) is 20.9 Å². The van der Waals surface area contributed by atoms with Gasteiger partial charge in [-0.1, -0.05) is 68.7 Å². The van der Waals surface area contributed by atoms with E-state index in [4.69, 9.17) is 4.74 Å². The summed E-state index contributed by atoms with van der Waals surface area (Å²) in [5.41, 5.74) is 0.788. The number of hydrogen-bond acceptors (Lipinski definition) is 5. The number of nitrogens with zero attached hydrogens (tertiary/aromatic N) is 1. The quantitative estimate of drug-likeness (QED) is 0.345. The van der Waals surface area contributed by atoms with Crippen LogP contribution in [0, 0.1) is 0 Å². The molecule has 8 nitrogen and oxygen atoms in total. The summed E-state index contributed by atoms with van der Waals surface area (Å²) in [5, 5.41) is 15.4. The van der Waals surface area contributed by atoms with Gasteiger partial charge in [-0.3, -0.25) is 9.59 Å². The topological polar surface area (TPSA) is 108 Å². The van der Waals surface area contributed by atoms with Crippen molar-refractivity contribution in [2.45, 2.75) is 84.5 Å². The van der Waals surface area contributed by atoms with Gasteiger partial charge in [0.05, 0.1) is 0 Å². The van der Waals surface area contributed by atoms with Gasteiger partial charge in [-0.2, -0.15) is 0 Å². The Bertz CT molecular complexity index is 1000. The monoisotopic (exact) mass is 511 g/mol. The van der Waals surface area contributed by atoms with Crippen molar-refractivity contribution < 1.29 is 24.2 Å².